The summed E-state index contributed by atoms with van der Waals surface area (Å²) >= 11 is 0. The van der Waals surface area contributed by atoms with E-state index in [9.17, 15) is 9.90 Å². The van der Waals surface area contributed by atoms with Gasteiger partial charge in [0.25, 0.3) is 0 Å². The van der Waals surface area contributed by atoms with E-state index in [-0.39, 0.29) is 18.9 Å². The molecule has 31 heavy (non-hydrogen) atoms. The highest BCUT2D eigenvalue weighted by Crippen LogP contribution is 2.28. The van der Waals surface area contributed by atoms with Crippen LogP contribution in [0.25, 0.3) is 0 Å². The SMILES string of the molecule is COc1ccc(OCCC(=O)NC(CN2CCCC2)C(O)c2ccccc2OC)cc1. The van der Waals surface area contributed by atoms with E-state index in [4.69, 9.17) is 14.2 Å². The van der Waals surface area contributed by atoms with Gasteiger partial charge in [-0.1, -0.05) is 18.2 Å². The lowest BCUT2D eigenvalue weighted by Crippen LogP contribution is -2.47. The molecule has 168 valence electrons. The number of carbonyl (C=O) groups excluding carboxylic acids is 1. The van der Waals surface area contributed by atoms with E-state index < -0.39 is 12.1 Å². The maximum atomic E-state index is 12.6. The zero-order chi connectivity index (χ0) is 22.1. The molecular weight excluding hydrogens is 396 g/mol. The van der Waals surface area contributed by atoms with Crippen LogP contribution in [0.3, 0.4) is 0 Å². The Morgan fingerprint density at radius 3 is 2.39 bits per heavy atom. The molecule has 2 aromatic carbocycles. The second kappa shape index (κ2) is 11.6. The van der Waals surface area contributed by atoms with Crippen molar-refractivity contribution in [2.45, 2.75) is 31.4 Å². The van der Waals surface area contributed by atoms with Gasteiger partial charge < -0.3 is 29.5 Å². The molecule has 0 spiro atoms. The number of methoxy groups -OCH3 is 2. The first kappa shape index (κ1) is 22.9. The van der Waals surface area contributed by atoms with Crippen LogP contribution in [0.5, 0.6) is 17.2 Å². The largest absolute Gasteiger partial charge is 0.497 e. The highest BCUT2D eigenvalue weighted by molar-refractivity contribution is 5.76. The van der Waals surface area contributed by atoms with Gasteiger partial charge in [-0.05, 0) is 56.3 Å². The molecule has 2 N–H and O–H groups in total. The van der Waals surface area contributed by atoms with E-state index in [0.29, 0.717) is 23.6 Å². The second-order valence-electron chi connectivity index (χ2n) is 7.64. The summed E-state index contributed by atoms with van der Waals surface area (Å²) in [7, 11) is 3.19. The number of amides is 1. The Morgan fingerprint density at radius 1 is 1.03 bits per heavy atom. The van der Waals surface area contributed by atoms with Crippen LogP contribution in [-0.4, -0.2) is 62.4 Å². The van der Waals surface area contributed by atoms with Crippen molar-refractivity contribution < 1.29 is 24.1 Å². The Kier molecular flexibility index (Phi) is 8.55. The van der Waals surface area contributed by atoms with E-state index in [2.05, 4.69) is 10.2 Å². The second-order valence-corrected chi connectivity index (χ2v) is 7.64. The first-order chi connectivity index (χ1) is 15.1. The summed E-state index contributed by atoms with van der Waals surface area (Å²) in [6.07, 6.45) is 1.60. The number of hydrogen-bond acceptors (Lipinski definition) is 6. The fraction of sp³-hybridized carbons (Fsp3) is 0.458. The number of rotatable bonds is 11. The quantitative estimate of drug-likeness (QED) is 0.573. The molecule has 0 saturated carbocycles. The van der Waals surface area contributed by atoms with E-state index in [1.54, 1.807) is 26.4 Å². The number of nitrogens with zero attached hydrogens (tertiary/aromatic N) is 1. The summed E-state index contributed by atoms with van der Waals surface area (Å²) in [6, 6.07) is 14.2. The number of aliphatic hydroxyl groups excluding tert-OH is 1. The highest BCUT2D eigenvalue weighted by atomic mass is 16.5. The van der Waals surface area contributed by atoms with Gasteiger partial charge in [0.1, 0.15) is 23.4 Å². The summed E-state index contributed by atoms with van der Waals surface area (Å²) in [4.78, 5) is 14.9. The first-order valence-corrected chi connectivity index (χ1v) is 10.7. The third-order valence-corrected chi connectivity index (χ3v) is 5.50. The summed E-state index contributed by atoms with van der Waals surface area (Å²) < 4.78 is 16.2. The Bertz CT molecular complexity index is 821. The van der Waals surface area contributed by atoms with Crippen molar-refractivity contribution in [3.05, 3.63) is 54.1 Å². The summed E-state index contributed by atoms with van der Waals surface area (Å²) in [5.41, 5.74) is 0.670. The van der Waals surface area contributed by atoms with E-state index >= 15 is 0 Å². The minimum atomic E-state index is -0.872. The topological polar surface area (TPSA) is 80.3 Å². The number of hydrogen-bond donors (Lipinski definition) is 2. The van der Waals surface area contributed by atoms with Gasteiger partial charge in [0.05, 0.1) is 33.3 Å². The van der Waals surface area contributed by atoms with Gasteiger partial charge in [0.2, 0.25) is 5.91 Å². The molecule has 2 aromatic rings. The van der Waals surface area contributed by atoms with Crippen molar-refractivity contribution in [1.82, 2.24) is 10.2 Å². The monoisotopic (exact) mass is 428 g/mol. The van der Waals surface area contributed by atoms with Crippen LogP contribution in [0.1, 0.15) is 30.9 Å². The Morgan fingerprint density at radius 2 is 1.71 bits per heavy atom. The lowest BCUT2D eigenvalue weighted by molar-refractivity contribution is -0.123. The number of likely N-dealkylation sites (tertiary alicyclic amines) is 1. The van der Waals surface area contributed by atoms with Gasteiger partial charge in [-0.25, -0.2) is 0 Å². The van der Waals surface area contributed by atoms with Crippen LogP contribution in [0, 0.1) is 0 Å². The van der Waals surface area contributed by atoms with Crippen LogP contribution < -0.4 is 19.5 Å². The molecule has 3 rings (SSSR count). The maximum absolute atomic E-state index is 12.6. The molecule has 1 aliphatic rings. The van der Waals surface area contributed by atoms with Crippen LogP contribution >= 0.6 is 0 Å². The van der Waals surface area contributed by atoms with Gasteiger partial charge in [-0.2, -0.15) is 0 Å². The molecule has 1 amide bonds. The molecule has 2 unspecified atom stereocenters. The van der Waals surface area contributed by atoms with E-state index in [0.717, 1.165) is 31.7 Å². The van der Waals surface area contributed by atoms with Gasteiger partial charge in [0, 0.05) is 12.1 Å². The minimum absolute atomic E-state index is 0.161. The number of carbonyl (C=O) groups is 1. The zero-order valence-corrected chi connectivity index (χ0v) is 18.3. The van der Waals surface area contributed by atoms with Gasteiger partial charge in [-0.3, -0.25) is 4.79 Å². The van der Waals surface area contributed by atoms with E-state index in [1.807, 2.05) is 36.4 Å². The van der Waals surface area contributed by atoms with Gasteiger partial charge in [-0.15, -0.1) is 0 Å². The molecule has 0 radical (unpaired) electrons. The van der Waals surface area contributed by atoms with Crippen molar-refractivity contribution in [3.63, 3.8) is 0 Å². The zero-order valence-electron chi connectivity index (χ0n) is 18.3. The van der Waals surface area contributed by atoms with Crippen molar-refractivity contribution in [3.8, 4) is 17.2 Å². The molecule has 0 aliphatic carbocycles. The lowest BCUT2D eigenvalue weighted by atomic mass is 10.0. The summed E-state index contributed by atoms with van der Waals surface area (Å²) in [5.74, 6) is 1.88. The Balaban J connectivity index is 1.59. The number of ether oxygens (including phenoxy) is 3. The first-order valence-electron chi connectivity index (χ1n) is 10.7. The average Bonchev–Trinajstić information content (AvgIpc) is 3.31. The fourth-order valence-corrected chi connectivity index (χ4v) is 3.81. The molecule has 0 aromatic heterocycles. The van der Waals surface area contributed by atoms with Crippen LogP contribution in [0.2, 0.25) is 0 Å². The molecule has 2 atom stereocenters. The molecular formula is C24H32N2O5. The standard InChI is InChI=1S/C24H32N2O5/c1-29-18-9-11-19(12-10-18)31-16-13-23(27)25-21(17-26-14-5-6-15-26)24(28)20-7-3-4-8-22(20)30-2/h3-4,7-12,21,24,28H,5-6,13-17H2,1-2H3,(H,25,27). The molecule has 7 nitrogen and oxygen atoms in total. The van der Waals surface area contributed by atoms with Crippen LogP contribution in [0.15, 0.2) is 48.5 Å². The molecule has 0 bridgehead atoms. The van der Waals surface area contributed by atoms with Gasteiger partial charge in [0.15, 0.2) is 0 Å². The minimum Gasteiger partial charge on any atom is -0.497 e. The highest BCUT2D eigenvalue weighted by Gasteiger charge is 2.28. The fourth-order valence-electron chi connectivity index (χ4n) is 3.81. The molecule has 1 heterocycles. The summed E-state index contributed by atoms with van der Waals surface area (Å²) in [5, 5.41) is 14.1. The summed E-state index contributed by atoms with van der Waals surface area (Å²) in [6.45, 7) is 2.79. The van der Waals surface area contributed by atoms with Crippen molar-refractivity contribution in [2.24, 2.45) is 0 Å². The third kappa shape index (κ3) is 6.60. The smallest absolute Gasteiger partial charge is 0.223 e. The predicted octanol–water partition coefficient (Wildman–Crippen LogP) is 2.79. The number of aliphatic hydroxyl groups is 1. The van der Waals surface area contributed by atoms with Crippen LogP contribution in [-0.2, 0) is 4.79 Å². The van der Waals surface area contributed by atoms with Crippen molar-refractivity contribution in [2.75, 3.05) is 40.5 Å². The van der Waals surface area contributed by atoms with Crippen LogP contribution in [0.4, 0.5) is 0 Å². The maximum Gasteiger partial charge on any atom is 0.223 e. The Hall–Kier alpha value is -2.77. The number of nitrogens with one attached hydrogen (secondary N) is 1. The molecule has 1 aliphatic heterocycles. The average molecular weight is 429 g/mol. The van der Waals surface area contributed by atoms with Crippen molar-refractivity contribution >= 4 is 5.91 Å². The van der Waals surface area contributed by atoms with Gasteiger partial charge >= 0.3 is 0 Å². The normalized spacial score (nSPS) is 15.8. The molecule has 1 saturated heterocycles. The molecule has 7 heteroatoms. The van der Waals surface area contributed by atoms with E-state index in [1.165, 1.54) is 0 Å². The lowest BCUT2D eigenvalue weighted by Gasteiger charge is -2.29. The van der Waals surface area contributed by atoms with Crippen molar-refractivity contribution in [1.29, 1.82) is 0 Å². The molecule has 1 fully saturated rings. The number of benzene rings is 2. The predicted molar refractivity (Wildman–Crippen MR) is 119 cm³/mol. The number of para-hydroxylation sites is 1. The Labute approximate surface area is 183 Å². The third-order valence-electron chi connectivity index (χ3n) is 5.50.